The van der Waals surface area contributed by atoms with Gasteiger partial charge in [-0.2, -0.15) is 11.8 Å². The van der Waals surface area contributed by atoms with E-state index in [1.807, 2.05) is 0 Å². The van der Waals surface area contributed by atoms with E-state index < -0.39 is 0 Å². The second-order valence-corrected chi connectivity index (χ2v) is 6.01. The molecule has 1 unspecified atom stereocenters. The molecule has 1 aliphatic rings. The molecule has 3 heteroatoms. The van der Waals surface area contributed by atoms with Crippen molar-refractivity contribution in [3.8, 4) is 5.75 Å². The van der Waals surface area contributed by atoms with Crippen LogP contribution in [0.15, 0.2) is 24.3 Å². The number of nitrogens with one attached hydrogen (secondary N) is 1. The van der Waals surface area contributed by atoms with Gasteiger partial charge in [0.1, 0.15) is 5.75 Å². The zero-order valence-corrected chi connectivity index (χ0v) is 12.1. The van der Waals surface area contributed by atoms with Gasteiger partial charge in [-0.25, -0.2) is 0 Å². The van der Waals surface area contributed by atoms with Gasteiger partial charge in [0.15, 0.2) is 0 Å². The lowest BCUT2D eigenvalue weighted by molar-refractivity contribution is 0.402. The van der Waals surface area contributed by atoms with Gasteiger partial charge in [0.05, 0.1) is 7.11 Å². The lowest BCUT2D eigenvalue weighted by Gasteiger charge is -2.28. The predicted molar refractivity (Wildman–Crippen MR) is 79.5 cm³/mol. The van der Waals surface area contributed by atoms with Crippen LogP contribution in [0.3, 0.4) is 0 Å². The molecular weight excluding hydrogens is 242 g/mol. The second-order valence-electron chi connectivity index (χ2n) is 4.79. The molecule has 18 heavy (non-hydrogen) atoms. The van der Waals surface area contributed by atoms with Gasteiger partial charge >= 0.3 is 0 Å². The third-order valence-electron chi connectivity index (χ3n) is 3.58. The summed E-state index contributed by atoms with van der Waals surface area (Å²) in [5.41, 5.74) is 1.37. The molecule has 0 bridgehead atoms. The summed E-state index contributed by atoms with van der Waals surface area (Å²) in [6.45, 7) is 2.25. The molecule has 2 rings (SSSR count). The molecule has 1 N–H and O–H groups in total. The van der Waals surface area contributed by atoms with Crippen molar-refractivity contribution in [2.24, 2.45) is 0 Å². The molecule has 1 aromatic carbocycles. The predicted octanol–water partition coefficient (Wildman–Crippen LogP) is 3.63. The van der Waals surface area contributed by atoms with E-state index in [0.29, 0.717) is 12.1 Å². The van der Waals surface area contributed by atoms with E-state index in [-0.39, 0.29) is 0 Å². The highest BCUT2D eigenvalue weighted by molar-refractivity contribution is 7.99. The van der Waals surface area contributed by atoms with Crippen LogP contribution in [0.25, 0.3) is 0 Å². The third-order valence-corrected chi connectivity index (χ3v) is 4.63. The molecule has 0 spiro atoms. The molecule has 0 aromatic heterocycles. The van der Waals surface area contributed by atoms with Gasteiger partial charge in [0.2, 0.25) is 0 Å². The smallest absolute Gasteiger partial charge is 0.118 e. The van der Waals surface area contributed by atoms with E-state index in [1.54, 1.807) is 7.11 Å². The standard InChI is InChI=1S/C15H23NOS/c1-3-15(16-13-8-10-18-11-9-13)12-4-6-14(17-2)7-5-12/h4-7,13,15-16H,3,8-11H2,1-2H3. The third kappa shape index (κ3) is 3.66. The summed E-state index contributed by atoms with van der Waals surface area (Å²) in [7, 11) is 1.71. The average Bonchev–Trinajstić information content (AvgIpc) is 2.46. The Labute approximate surface area is 114 Å². The van der Waals surface area contributed by atoms with Crippen LogP contribution in [-0.2, 0) is 0 Å². The van der Waals surface area contributed by atoms with E-state index in [1.165, 1.54) is 29.9 Å². The van der Waals surface area contributed by atoms with Crippen molar-refractivity contribution in [2.45, 2.75) is 38.3 Å². The molecule has 0 aliphatic carbocycles. The van der Waals surface area contributed by atoms with Crippen molar-refractivity contribution in [3.05, 3.63) is 29.8 Å². The molecule has 1 fully saturated rings. The number of hydrogen-bond acceptors (Lipinski definition) is 3. The summed E-state index contributed by atoms with van der Waals surface area (Å²) in [5, 5.41) is 3.81. The molecule has 1 aliphatic heterocycles. The van der Waals surface area contributed by atoms with E-state index in [4.69, 9.17) is 4.74 Å². The number of benzene rings is 1. The van der Waals surface area contributed by atoms with Gasteiger partial charge in [-0.3, -0.25) is 0 Å². The van der Waals surface area contributed by atoms with E-state index in [0.717, 1.165) is 12.2 Å². The van der Waals surface area contributed by atoms with Crippen molar-refractivity contribution in [1.82, 2.24) is 5.32 Å². The minimum absolute atomic E-state index is 0.476. The van der Waals surface area contributed by atoms with Crippen LogP contribution >= 0.6 is 11.8 Å². The van der Waals surface area contributed by atoms with Crippen LogP contribution in [0, 0.1) is 0 Å². The lowest BCUT2D eigenvalue weighted by atomic mass is 10.0. The molecule has 1 heterocycles. The minimum atomic E-state index is 0.476. The van der Waals surface area contributed by atoms with Gasteiger partial charge in [-0.15, -0.1) is 0 Å². The SMILES string of the molecule is CCC(NC1CCSCC1)c1ccc(OC)cc1. The van der Waals surface area contributed by atoms with Crippen LogP contribution in [0.1, 0.15) is 37.8 Å². The molecule has 2 nitrogen and oxygen atoms in total. The van der Waals surface area contributed by atoms with Crippen LogP contribution < -0.4 is 10.1 Å². The topological polar surface area (TPSA) is 21.3 Å². The number of methoxy groups -OCH3 is 1. The first-order valence-corrected chi connectivity index (χ1v) is 7.96. The molecule has 1 aromatic rings. The van der Waals surface area contributed by atoms with Crippen molar-refractivity contribution in [1.29, 1.82) is 0 Å². The summed E-state index contributed by atoms with van der Waals surface area (Å²) in [4.78, 5) is 0. The normalized spacial score (nSPS) is 18.6. The molecule has 1 atom stereocenters. The molecule has 0 radical (unpaired) electrons. The monoisotopic (exact) mass is 265 g/mol. The Hall–Kier alpha value is -0.670. The zero-order valence-electron chi connectivity index (χ0n) is 11.3. The Balaban J connectivity index is 1.97. The highest BCUT2D eigenvalue weighted by atomic mass is 32.2. The fourth-order valence-corrected chi connectivity index (χ4v) is 3.54. The van der Waals surface area contributed by atoms with Gasteiger partial charge in [0, 0.05) is 12.1 Å². The first-order valence-electron chi connectivity index (χ1n) is 6.81. The summed E-state index contributed by atoms with van der Waals surface area (Å²) in [5.74, 6) is 3.54. The van der Waals surface area contributed by atoms with Gasteiger partial charge < -0.3 is 10.1 Å². The highest BCUT2D eigenvalue weighted by Gasteiger charge is 2.18. The summed E-state index contributed by atoms with van der Waals surface area (Å²) in [6, 6.07) is 9.63. The van der Waals surface area contributed by atoms with Crippen molar-refractivity contribution < 1.29 is 4.74 Å². The molecular formula is C15H23NOS. The molecule has 1 saturated heterocycles. The first kappa shape index (κ1) is 13.8. The largest absolute Gasteiger partial charge is 0.497 e. The number of thioether (sulfide) groups is 1. The van der Waals surface area contributed by atoms with Crippen LogP contribution in [0.2, 0.25) is 0 Å². The van der Waals surface area contributed by atoms with E-state index in [9.17, 15) is 0 Å². The maximum atomic E-state index is 5.21. The average molecular weight is 265 g/mol. The van der Waals surface area contributed by atoms with Gasteiger partial charge in [-0.05, 0) is 48.5 Å². The Morgan fingerprint density at radius 2 is 1.94 bits per heavy atom. The first-order chi connectivity index (χ1) is 8.83. The molecule has 0 saturated carbocycles. The summed E-state index contributed by atoms with van der Waals surface area (Å²) in [6.07, 6.45) is 3.74. The second kappa shape index (κ2) is 7.05. The maximum absolute atomic E-state index is 5.21. The van der Waals surface area contributed by atoms with Crippen molar-refractivity contribution in [2.75, 3.05) is 18.6 Å². The van der Waals surface area contributed by atoms with E-state index >= 15 is 0 Å². The Kier molecular flexibility index (Phi) is 5.39. The number of hydrogen-bond donors (Lipinski definition) is 1. The van der Waals surface area contributed by atoms with Gasteiger partial charge in [-0.1, -0.05) is 19.1 Å². The number of ether oxygens (including phenoxy) is 1. The Morgan fingerprint density at radius 1 is 1.28 bits per heavy atom. The van der Waals surface area contributed by atoms with Crippen LogP contribution in [0.5, 0.6) is 5.75 Å². The summed E-state index contributed by atoms with van der Waals surface area (Å²) >= 11 is 2.08. The fourth-order valence-electron chi connectivity index (χ4n) is 2.43. The molecule has 0 amide bonds. The zero-order chi connectivity index (χ0) is 12.8. The maximum Gasteiger partial charge on any atom is 0.118 e. The van der Waals surface area contributed by atoms with E-state index in [2.05, 4.69) is 48.3 Å². The Bertz CT molecular complexity index is 346. The van der Waals surface area contributed by atoms with Crippen molar-refractivity contribution >= 4 is 11.8 Å². The Morgan fingerprint density at radius 3 is 2.50 bits per heavy atom. The molecule has 100 valence electrons. The van der Waals surface area contributed by atoms with Crippen LogP contribution in [-0.4, -0.2) is 24.7 Å². The minimum Gasteiger partial charge on any atom is -0.497 e. The van der Waals surface area contributed by atoms with Crippen molar-refractivity contribution in [3.63, 3.8) is 0 Å². The quantitative estimate of drug-likeness (QED) is 0.878. The number of rotatable bonds is 5. The highest BCUT2D eigenvalue weighted by Crippen LogP contribution is 2.24. The lowest BCUT2D eigenvalue weighted by Crippen LogP contribution is -2.35. The fraction of sp³-hybridized carbons (Fsp3) is 0.600. The summed E-state index contributed by atoms with van der Waals surface area (Å²) < 4.78 is 5.21. The van der Waals surface area contributed by atoms with Gasteiger partial charge in [0.25, 0.3) is 0 Å². The van der Waals surface area contributed by atoms with Crippen LogP contribution in [0.4, 0.5) is 0 Å².